The molecule has 7 heteroatoms. The second-order valence-corrected chi connectivity index (χ2v) is 7.95. The molecule has 0 aliphatic rings. The lowest BCUT2D eigenvalue weighted by molar-refractivity contribution is 0.342. The fourth-order valence-corrected chi connectivity index (χ4v) is 3.68. The van der Waals surface area contributed by atoms with Crippen LogP contribution in [0.3, 0.4) is 0 Å². The van der Waals surface area contributed by atoms with Crippen molar-refractivity contribution < 1.29 is 13.2 Å². The largest absolute Gasteiger partial charge is 0.492 e. The highest BCUT2D eigenvalue weighted by Gasteiger charge is 2.30. The summed E-state index contributed by atoms with van der Waals surface area (Å²) in [6.45, 7) is 8.11. The van der Waals surface area contributed by atoms with Gasteiger partial charge >= 0.3 is 0 Å². The van der Waals surface area contributed by atoms with Crippen LogP contribution in [0.1, 0.15) is 33.4 Å². The van der Waals surface area contributed by atoms with Gasteiger partial charge in [0, 0.05) is 18.7 Å². The average molecular weight is 337 g/mol. The van der Waals surface area contributed by atoms with Gasteiger partial charge in [0.15, 0.2) is 0 Å². The molecule has 23 heavy (non-hydrogen) atoms. The van der Waals surface area contributed by atoms with Crippen LogP contribution < -0.4 is 9.46 Å². The van der Waals surface area contributed by atoms with Gasteiger partial charge in [0.1, 0.15) is 10.6 Å². The summed E-state index contributed by atoms with van der Waals surface area (Å²) in [5.74, 6) is 0.500. The minimum atomic E-state index is -3.76. The minimum Gasteiger partial charge on any atom is -0.492 e. The van der Waals surface area contributed by atoms with Gasteiger partial charge in [0.05, 0.1) is 18.0 Å². The Kier molecular flexibility index (Phi) is 4.70. The van der Waals surface area contributed by atoms with Gasteiger partial charge in [0.2, 0.25) is 0 Å². The maximum absolute atomic E-state index is 12.8. The van der Waals surface area contributed by atoms with Gasteiger partial charge in [-0.2, -0.15) is 5.10 Å². The van der Waals surface area contributed by atoms with Crippen LogP contribution in [0.4, 0.5) is 5.69 Å². The summed E-state index contributed by atoms with van der Waals surface area (Å²) in [4.78, 5) is 0.179. The SMILES string of the molecule is CCOc1ccccc1NS(=O)(=O)c1cn(C)nc1C(C)(C)C. The lowest BCUT2D eigenvalue weighted by Gasteiger charge is -2.18. The third-order valence-corrected chi connectivity index (χ3v) is 4.59. The van der Waals surface area contributed by atoms with Crippen LogP contribution in [0.5, 0.6) is 5.75 Å². The van der Waals surface area contributed by atoms with E-state index in [2.05, 4.69) is 9.82 Å². The van der Waals surface area contributed by atoms with Gasteiger partial charge in [-0.3, -0.25) is 9.40 Å². The molecular formula is C16H23N3O3S. The van der Waals surface area contributed by atoms with Crippen LogP contribution in [0, 0.1) is 0 Å². The molecule has 0 aliphatic heterocycles. The Hall–Kier alpha value is -2.02. The number of ether oxygens (including phenoxy) is 1. The number of aryl methyl sites for hydroxylation is 1. The molecule has 0 radical (unpaired) electrons. The first kappa shape index (κ1) is 17.3. The fraction of sp³-hybridized carbons (Fsp3) is 0.438. The van der Waals surface area contributed by atoms with E-state index in [0.717, 1.165) is 0 Å². The van der Waals surface area contributed by atoms with Crippen LogP contribution in [-0.2, 0) is 22.5 Å². The van der Waals surface area contributed by atoms with E-state index in [0.29, 0.717) is 23.7 Å². The Morgan fingerprint density at radius 2 is 1.91 bits per heavy atom. The summed E-state index contributed by atoms with van der Waals surface area (Å²) >= 11 is 0. The van der Waals surface area contributed by atoms with Crippen LogP contribution in [0.25, 0.3) is 0 Å². The third-order valence-electron chi connectivity index (χ3n) is 3.23. The van der Waals surface area contributed by atoms with Gasteiger partial charge in [-0.05, 0) is 19.1 Å². The number of hydrogen-bond donors (Lipinski definition) is 1. The zero-order valence-corrected chi connectivity index (χ0v) is 14.9. The molecule has 2 rings (SSSR count). The highest BCUT2D eigenvalue weighted by molar-refractivity contribution is 7.92. The van der Waals surface area contributed by atoms with Crippen molar-refractivity contribution in [1.82, 2.24) is 9.78 Å². The molecule has 0 fully saturated rings. The van der Waals surface area contributed by atoms with E-state index in [-0.39, 0.29) is 10.3 Å². The first-order chi connectivity index (χ1) is 10.6. The predicted octanol–water partition coefficient (Wildman–Crippen LogP) is 2.92. The molecule has 1 N–H and O–H groups in total. The average Bonchev–Trinajstić information content (AvgIpc) is 2.84. The van der Waals surface area contributed by atoms with Crippen molar-refractivity contribution in [1.29, 1.82) is 0 Å². The summed E-state index contributed by atoms with van der Waals surface area (Å²) in [6, 6.07) is 6.96. The second-order valence-electron chi connectivity index (χ2n) is 6.30. The quantitative estimate of drug-likeness (QED) is 0.910. The molecule has 0 aliphatic carbocycles. The van der Waals surface area contributed by atoms with Crippen molar-refractivity contribution in [3.05, 3.63) is 36.2 Å². The third kappa shape index (κ3) is 3.85. The second kappa shape index (κ2) is 6.23. The van der Waals surface area contributed by atoms with Crippen molar-refractivity contribution in [3.8, 4) is 5.75 Å². The van der Waals surface area contributed by atoms with E-state index < -0.39 is 10.0 Å². The van der Waals surface area contributed by atoms with Gasteiger partial charge in [-0.25, -0.2) is 8.42 Å². The van der Waals surface area contributed by atoms with Crippen molar-refractivity contribution in [2.24, 2.45) is 7.05 Å². The van der Waals surface area contributed by atoms with E-state index in [1.165, 1.54) is 10.9 Å². The molecule has 0 saturated carbocycles. The van der Waals surface area contributed by atoms with Crippen molar-refractivity contribution in [3.63, 3.8) is 0 Å². The van der Waals surface area contributed by atoms with Gasteiger partial charge in [-0.1, -0.05) is 32.9 Å². The molecule has 0 amide bonds. The molecule has 0 spiro atoms. The summed E-state index contributed by atoms with van der Waals surface area (Å²) in [5, 5.41) is 4.31. The maximum atomic E-state index is 12.8. The number of hydrogen-bond acceptors (Lipinski definition) is 4. The van der Waals surface area contributed by atoms with E-state index >= 15 is 0 Å². The molecule has 2 aromatic rings. The fourth-order valence-electron chi connectivity index (χ4n) is 2.22. The Morgan fingerprint density at radius 1 is 1.26 bits per heavy atom. The van der Waals surface area contributed by atoms with E-state index in [9.17, 15) is 8.42 Å². The molecule has 0 saturated heterocycles. The zero-order chi connectivity index (χ0) is 17.3. The number of nitrogens with zero attached hydrogens (tertiary/aromatic N) is 2. The number of rotatable bonds is 5. The maximum Gasteiger partial charge on any atom is 0.265 e. The van der Waals surface area contributed by atoms with Crippen molar-refractivity contribution >= 4 is 15.7 Å². The normalized spacial score (nSPS) is 12.2. The lowest BCUT2D eigenvalue weighted by atomic mass is 9.92. The molecule has 0 unspecified atom stereocenters. The van der Waals surface area contributed by atoms with Crippen LogP contribution in [0.15, 0.2) is 35.4 Å². The summed E-state index contributed by atoms with van der Waals surface area (Å²) in [6.07, 6.45) is 1.52. The highest BCUT2D eigenvalue weighted by atomic mass is 32.2. The van der Waals surface area contributed by atoms with Crippen molar-refractivity contribution in [2.75, 3.05) is 11.3 Å². The zero-order valence-electron chi connectivity index (χ0n) is 14.1. The number of benzene rings is 1. The standard InChI is InChI=1S/C16H23N3O3S/c1-6-22-13-10-8-7-9-12(13)18-23(20,21)14-11-19(5)17-15(14)16(2,3)4/h7-11,18H,6H2,1-5H3. The Bertz CT molecular complexity index is 789. The monoisotopic (exact) mass is 337 g/mol. The Morgan fingerprint density at radius 3 is 2.52 bits per heavy atom. The number of nitrogens with one attached hydrogen (secondary N) is 1. The smallest absolute Gasteiger partial charge is 0.265 e. The lowest BCUT2D eigenvalue weighted by Crippen LogP contribution is -2.20. The van der Waals surface area contributed by atoms with Gasteiger partial charge in [0.25, 0.3) is 10.0 Å². The first-order valence-corrected chi connectivity index (χ1v) is 8.92. The number of aromatic nitrogens is 2. The molecular weight excluding hydrogens is 314 g/mol. The summed E-state index contributed by atoms with van der Waals surface area (Å²) in [7, 11) is -2.05. The number of para-hydroxylation sites is 2. The van der Waals surface area contributed by atoms with Gasteiger partial charge < -0.3 is 4.74 Å². The first-order valence-electron chi connectivity index (χ1n) is 7.44. The summed E-state index contributed by atoms with van der Waals surface area (Å²) < 4.78 is 35.2. The van der Waals surface area contributed by atoms with Crippen LogP contribution in [0.2, 0.25) is 0 Å². The molecule has 0 bridgehead atoms. The highest BCUT2D eigenvalue weighted by Crippen LogP contribution is 2.31. The molecule has 1 aromatic carbocycles. The molecule has 1 heterocycles. The minimum absolute atomic E-state index is 0.179. The Labute approximate surface area is 137 Å². The predicted molar refractivity (Wildman–Crippen MR) is 90.3 cm³/mol. The Balaban J connectivity index is 2.45. The molecule has 1 aromatic heterocycles. The topological polar surface area (TPSA) is 73.2 Å². The molecule has 126 valence electrons. The number of sulfonamides is 1. The van der Waals surface area contributed by atoms with E-state index in [1.54, 1.807) is 31.3 Å². The molecule has 6 nitrogen and oxygen atoms in total. The van der Waals surface area contributed by atoms with Crippen LogP contribution >= 0.6 is 0 Å². The van der Waals surface area contributed by atoms with E-state index in [1.807, 2.05) is 27.7 Å². The van der Waals surface area contributed by atoms with Gasteiger partial charge in [-0.15, -0.1) is 0 Å². The summed E-state index contributed by atoms with van der Waals surface area (Å²) in [5.41, 5.74) is 0.560. The van der Waals surface area contributed by atoms with Crippen molar-refractivity contribution in [2.45, 2.75) is 38.0 Å². The van der Waals surface area contributed by atoms with E-state index in [4.69, 9.17) is 4.74 Å². The molecule has 0 atom stereocenters. The number of anilines is 1. The van der Waals surface area contributed by atoms with Crippen LogP contribution in [-0.4, -0.2) is 24.8 Å².